The van der Waals surface area contributed by atoms with E-state index in [9.17, 15) is 9.59 Å². The van der Waals surface area contributed by atoms with E-state index in [1.807, 2.05) is 39.8 Å². The Hall–Kier alpha value is -2.89. The lowest BCUT2D eigenvalue weighted by molar-refractivity contribution is 0.0507. The molecule has 1 atom stereocenters. The summed E-state index contributed by atoms with van der Waals surface area (Å²) < 4.78 is 5.24. The third-order valence-electron chi connectivity index (χ3n) is 3.34. The van der Waals surface area contributed by atoms with Gasteiger partial charge in [-0.25, -0.2) is 4.79 Å². The van der Waals surface area contributed by atoms with Crippen LogP contribution in [-0.2, 0) is 4.74 Å². The van der Waals surface area contributed by atoms with Crippen molar-refractivity contribution in [1.82, 2.24) is 10.3 Å². The maximum absolute atomic E-state index is 12.2. The highest BCUT2D eigenvalue weighted by molar-refractivity contribution is 6.04. The Morgan fingerprint density at radius 2 is 1.64 bits per heavy atom. The molecule has 2 N–H and O–H groups in total. The van der Waals surface area contributed by atoms with E-state index in [1.165, 1.54) is 0 Å². The van der Waals surface area contributed by atoms with Crippen molar-refractivity contribution in [2.24, 2.45) is 0 Å². The van der Waals surface area contributed by atoms with Crippen molar-refractivity contribution in [1.29, 1.82) is 0 Å². The Morgan fingerprint density at radius 3 is 2.20 bits per heavy atom. The van der Waals surface area contributed by atoms with Crippen molar-refractivity contribution in [2.75, 3.05) is 5.32 Å². The first kappa shape index (κ1) is 18.4. The highest BCUT2D eigenvalue weighted by Crippen LogP contribution is 2.16. The lowest BCUT2D eigenvalue weighted by atomic mass is 10.1. The van der Waals surface area contributed by atoms with Gasteiger partial charge in [0.15, 0.2) is 0 Å². The summed E-state index contributed by atoms with van der Waals surface area (Å²) in [7, 11) is 0. The van der Waals surface area contributed by atoms with Gasteiger partial charge < -0.3 is 15.4 Å². The Balaban J connectivity index is 1.97. The number of nitrogens with one attached hydrogen (secondary N) is 2. The molecule has 1 aromatic heterocycles. The number of carbonyl (C=O) groups excluding carboxylic acids is 2. The number of alkyl carbamates (subject to hydrolysis) is 1. The van der Waals surface area contributed by atoms with Crippen LogP contribution in [0, 0.1) is 0 Å². The molecule has 0 radical (unpaired) electrons. The average molecular weight is 341 g/mol. The van der Waals surface area contributed by atoms with E-state index >= 15 is 0 Å². The van der Waals surface area contributed by atoms with E-state index < -0.39 is 11.7 Å². The molecular weight excluding hydrogens is 318 g/mol. The fourth-order valence-corrected chi connectivity index (χ4v) is 2.13. The largest absolute Gasteiger partial charge is 0.444 e. The zero-order valence-electron chi connectivity index (χ0n) is 14.9. The Kier molecular flexibility index (Phi) is 5.75. The first-order valence-electron chi connectivity index (χ1n) is 8.05. The number of ether oxygens (including phenoxy) is 1. The molecule has 0 saturated carbocycles. The van der Waals surface area contributed by atoms with Gasteiger partial charge in [0.25, 0.3) is 5.91 Å². The second-order valence-electron chi connectivity index (χ2n) is 6.68. The summed E-state index contributed by atoms with van der Waals surface area (Å²) in [5.41, 5.74) is 1.55. The lowest BCUT2D eigenvalue weighted by Crippen LogP contribution is -2.34. The van der Waals surface area contributed by atoms with Gasteiger partial charge in [-0.3, -0.25) is 9.78 Å². The van der Waals surface area contributed by atoms with Crippen LogP contribution in [0.2, 0.25) is 0 Å². The number of anilines is 1. The van der Waals surface area contributed by atoms with Gasteiger partial charge >= 0.3 is 6.09 Å². The molecule has 1 unspecified atom stereocenters. The minimum atomic E-state index is -0.543. The van der Waals surface area contributed by atoms with Crippen LogP contribution >= 0.6 is 0 Å². The fraction of sp³-hybridized carbons (Fsp3) is 0.316. The molecule has 2 amide bonds. The second-order valence-corrected chi connectivity index (χ2v) is 6.68. The standard InChI is InChI=1S/C19H23N3O3/c1-13(21-18(24)25-19(2,3)4)14-5-7-15(8-6-14)17(23)22-16-9-11-20-12-10-16/h5-13H,1-4H3,(H,21,24)(H,20,22,23). The molecular formula is C19H23N3O3. The number of benzene rings is 1. The zero-order chi connectivity index (χ0) is 18.4. The summed E-state index contributed by atoms with van der Waals surface area (Å²) >= 11 is 0. The molecule has 0 fully saturated rings. The third kappa shape index (κ3) is 5.91. The summed E-state index contributed by atoms with van der Waals surface area (Å²) in [6.07, 6.45) is 2.75. The van der Waals surface area contributed by atoms with Crippen molar-refractivity contribution in [2.45, 2.75) is 39.3 Å². The van der Waals surface area contributed by atoms with Crippen molar-refractivity contribution >= 4 is 17.7 Å². The number of pyridine rings is 1. The van der Waals surface area contributed by atoms with E-state index in [0.29, 0.717) is 11.3 Å². The lowest BCUT2D eigenvalue weighted by Gasteiger charge is -2.22. The molecule has 6 nitrogen and oxygen atoms in total. The number of hydrogen-bond donors (Lipinski definition) is 2. The van der Waals surface area contributed by atoms with E-state index in [4.69, 9.17) is 4.74 Å². The summed E-state index contributed by atoms with van der Waals surface area (Å²) in [6, 6.07) is 10.3. The minimum Gasteiger partial charge on any atom is -0.444 e. The molecule has 0 spiro atoms. The van der Waals surface area contributed by atoms with Crippen LogP contribution in [0.5, 0.6) is 0 Å². The van der Waals surface area contributed by atoms with E-state index in [0.717, 1.165) is 5.56 Å². The molecule has 132 valence electrons. The summed E-state index contributed by atoms with van der Waals surface area (Å²) in [4.78, 5) is 27.9. The number of aromatic nitrogens is 1. The Labute approximate surface area is 147 Å². The minimum absolute atomic E-state index is 0.203. The number of amides is 2. The normalized spacial score (nSPS) is 12.2. The van der Waals surface area contributed by atoms with Crippen LogP contribution in [-0.4, -0.2) is 22.6 Å². The topological polar surface area (TPSA) is 80.3 Å². The molecule has 1 heterocycles. The molecule has 2 aromatic rings. The maximum Gasteiger partial charge on any atom is 0.408 e. The van der Waals surface area contributed by atoms with E-state index in [1.54, 1.807) is 36.7 Å². The first-order valence-corrected chi connectivity index (χ1v) is 8.05. The zero-order valence-corrected chi connectivity index (χ0v) is 14.9. The number of rotatable bonds is 4. The quantitative estimate of drug-likeness (QED) is 0.883. The van der Waals surface area contributed by atoms with Gasteiger partial charge in [0, 0.05) is 23.6 Å². The smallest absolute Gasteiger partial charge is 0.408 e. The van der Waals surface area contributed by atoms with Crippen molar-refractivity contribution in [3.8, 4) is 0 Å². The predicted molar refractivity (Wildman–Crippen MR) is 96.4 cm³/mol. The Bertz CT molecular complexity index is 722. The molecule has 0 saturated heterocycles. The molecule has 0 aliphatic carbocycles. The number of hydrogen-bond acceptors (Lipinski definition) is 4. The van der Waals surface area contributed by atoms with E-state index in [-0.39, 0.29) is 11.9 Å². The van der Waals surface area contributed by atoms with Gasteiger partial charge in [0.1, 0.15) is 5.60 Å². The molecule has 25 heavy (non-hydrogen) atoms. The van der Waals surface area contributed by atoms with Crippen molar-refractivity contribution < 1.29 is 14.3 Å². The molecule has 1 aromatic carbocycles. The molecule has 0 aliphatic heterocycles. The number of carbonyl (C=O) groups is 2. The van der Waals surface area contributed by atoms with Crippen LogP contribution in [0.4, 0.5) is 10.5 Å². The predicted octanol–water partition coefficient (Wildman–Crippen LogP) is 3.92. The third-order valence-corrected chi connectivity index (χ3v) is 3.34. The van der Waals surface area contributed by atoms with Crippen LogP contribution < -0.4 is 10.6 Å². The van der Waals surface area contributed by atoms with Gasteiger partial charge in [-0.15, -0.1) is 0 Å². The number of nitrogens with zero attached hydrogens (tertiary/aromatic N) is 1. The highest BCUT2D eigenvalue weighted by Gasteiger charge is 2.18. The van der Waals surface area contributed by atoms with E-state index in [2.05, 4.69) is 15.6 Å². The van der Waals surface area contributed by atoms with Crippen LogP contribution in [0.15, 0.2) is 48.8 Å². The summed E-state index contributed by atoms with van der Waals surface area (Å²) in [5, 5.41) is 5.57. The molecule has 0 bridgehead atoms. The summed E-state index contributed by atoms with van der Waals surface area (Å²) in [5.74, 6) is -0.203. The summed E-state index contributed by atoms with van der Waals surface area (Å²) in [6.45, 7) is 7.30. The van der Waals surface area contributed by atoms with Gasteiger partial charge in [-0.2, -0.15) is 0 Å². The van der Waals surface area contributed by atoms with Crippen LogP contribution in [0.25, 0.3) is 0 Å². The SMILES string of the molecule is CC(NC(=O)OC(C)(C)C)c1ccc(C(=O)Nc2ccncc2)cc1. The average Bonchev–Trinajstić information content (AvgIpc) is 2.54. The molecule has 2 rings (SSSR count). The van der Waals surface area contributed by atoms with Crippen molar-refractivity contribution in [3.63, 3.8) is 0 Å². The van der Waals surface area contributed by atoms with Gasteiger partial charge in [-0.1, -0.05) is 12.1 Å². The highest BCUT2D eigenvalue weighted by atomic mass is 16.6. The Morgan fingerprint density at radius 1 is 1.04 bits per heavy atom. The molecule has 6 heteroatoms. The van der Waals surface area contributed by atoms with Crippen molar-refractivity contribution in [3.05, 3.63) is 59.9 Å². The van der Waals surface area contributed by atoms with Gasteiger partial charge in [0.05, 0.1) is 6.04 Å². The fourth-order valence-electron chi connectivity index (χ4n) is 2.13. The second kappa shape index (κ2) is 7.79. The van der Waals surface area contributed by atoms with Crippen LogP contribution in [0.1, 0.15) is 49.7 Å². The maximum atomic E-state index is 12.2. The first-order chi connectivity index (χ1) is 11.7. The van der Waals surface area contributed by atoms with Crippen LogP contribution in [0.3, 0.4) is 0 Å². The van der Waals surface area contributed by atoms with Gasteiger partial charge in [0.2, 0.25) is 0 Å². The molecule has 0 aliphatic rings. The monoisotopic (exact) mass is 341 g/mol. The van der Waals surface area contributed by atoms with Gasteiger partial charge in [-0.05, 0) is 57.5 Å².